The van der Waals surface area contributed by atoms with Crippen LogP contribution >= 0.6 is 0 Å². The number of carbonyl (C=O) groups excluding carboxylic acids is 4. The Kier molecular flexibility index (Phi) is 10.6. The Bertz CT molecular complexity index is 1040. The number of hydrogen-bond donors (Lipinski definition) is 3. The third-order valence-electron chi connectivity index (χ3n) is 5.77. The van der Waals surface area contributed by atoms with Crippen LogP contribution in [0.5, 0.6) is 0 Å². The van der Waals surface area contributed by atoms with Crippen LogP contribution in [-0.2, 0) is 30.5 Å². The van der Waals surface area contributed by atoms with Crippen molar-refractivity contribution < 1.29 is 28.7 Å². The minimum Gasteiger partial charge on any atom is -0.459 e. The van der Waals surface area contributed by atoms with Crippen LogP contribution in [-0.4, -0.2) is 55.0 Å². The van der Waals surface area contributed by atoms with E-state index in [1.807, 2.05) is 62.4 Å². The summed E-state index contributed by atoms with van der Waals surface area (Å²) in [4.78, 5) is 49.6. The zero-order chi connectivity index (χ0) is 26.6. The lowest BCUT2D eigenvalue weighted by Gasteiger charge is -2.20. The maximum absolute atomic E-state index is 12.7. The van der Waals surface area contributed by atoms with Gasteiger partial charge in [0.25, 0.3) is 11.8 Å². The van der Waals surface area contributed by atoms with E-state index in [1.165, 1.54) is 0 Å². The second-order valence-corrected chi connectivity index (χ2v) is 9.38. The third-order valence-corrected chi connectivity index (χ3v) is 5.77. The van der Waals surface area contributed by atoms with Gasteiger partial charge in [0, 0.05) is 18.7 Å². The number of carbonyl (C=O) groups is 4. The molecule has 198 valence electrons. The lowest BCUT2D eigenvalue weighted by atomic mass is 10.0. The van der Waals surface area contributed by atoms with Crippen molar-refractivity contribution in [1.82, 2.24) is 16.0 Å². The van der Waals surface area contributed by atoms with Crippen molar-refractivity contribution in [2.45, 2.75) is 58.0 Å². The number of epoxide rings is 1. The van der Waals surface area contributed by atoms with Gasteiger partial charge in [-0.3, -0.25) is 14.4 Å². The van der Waals surface area contributed by atoms with E-state index in [0.717, 1.165) is 5.56 Å². The standard InChI is InChI=1S/C28H35N3O6/c1-19(2)17-22(26(33)30-16-10-9-15-29-25(32)21-13-7-4-8-14-21)31-27(34)23-24(37-23)28(35)36-18-20-11-5-3-6-12-20/h3-8,11-14,19,22-24H,9-10,15-18H2,1-2H3,(H,29,32)(H,30,33)(H,31,34)/t22-,23-,24-/m0/s1. The van der Waals surface area contributed by atoms with Gasteiger partial charge in [0.15, 0.2) is 12.2 Å². The van der Waals surface area contributed by atoms with Crippen LogP contribution in [0.15, 0.2) is 60.7 Å². The van der Waals surface area contributed by atoms with Crippen LogP contribution < -0.4 is 16.0 Å². The lowest BCUT2D eigenvalue weighted by molar-refractivity contribution is -0.146. The quantitative estimate of drug-likeness (QED) is 0.204. The molecule has 3 rings (SSSR count). The maximum Gasteiger partial charge on any atom is 0.338 e. The van der Waals surface area contributed by atoms with Gasteiger partial charge in [0.05, 0.1) is 0 Å². The smallest absolute Gasteiger partial charge is 0.338 e. The Morgan fingerprint density at radius 1 is 0.865 bits per heavy atom. The molecule has 0 radical (unpaired) electrons. The molecule has 1 heterocycles. The highest BCUT2D eigenvalue weighted by molar-refractivity contribution is 5.95. The van der Waals surface area contributed by atoms with E-state index in [4.69, 9.17) is 9.47 Å². The molecule has 2 aromatic carbocycles. The molecule has 0 aromatic heterocycles. The van der Waals surface area contributed by atoms with Crippen molar-refractivity contribution in [3.05, 3.63) is 71.8 Å². The molecule has 2 aromatic rings. The molecule has 1 aliphatic heterocycles. The van der Waals surface area contributed by atoms with Crippen LogP contribution in [0.2, 0.25) is 0 Å². The van der Waals surface area contributed by atoms with Crippen LogP contribution in [0.4, 0.5) is 0 Å². The van der Waals surface area contributed by atoms with Crippen LogP contribution in [0, 0.1) is 5.92 Å². The fourth-order valence-corrected chi connectivity index (χ4v) is 3.74. The number of ether oxygens (including phenoxy) is 2. The molecule has 9 heteroatoms. The SMILES string of the molecule is CC(C)C[C@H](NC(=O)[C@H]1O[C@@H]1C(=O)OCc1ccccc1)C(=O)NCCCCNC(=O)c1ccccc1. The second kappa shape index (κ2) is 14.1. The summed E-state index contributed by atoms with van der Waals surface area (Å²) in [6.45, 7) is 4.93. The number of amides is 3. The first-order valence-electron chi connectivity index (χ1n) is 12.6. The van der Waals surface area contributed by atoms with Crippen molar-refractivity contribution >= 4 is 23.7 Å². The number of esters is 1. The number of unbranched alkanes of at least 4 members (excludes halogenated alkanes) is 1. The van der Waals surface area contributed by atoms with E-state index in [2.05, 4.69) is 16.0 Å². The van der Waals surface area contributed by atoms with Crippen LogP contribution in [0.3, 0.4) is 0 Å². The molecule has 37 heavy (non-hydrogen) atoms. The lowest BCUT2D eigenvalue weighted by Crippen LogP contribution is -2.49. The van der Waals surface area contributed by atoms with Gasteiger partial charge in [-0.25, -0.2) is 4.79 Å². The molecule has 0 spiro atoms. The van der Waals surface area contributed by atoms with Gasteiger partial charge >= 0.3 is 5.97 Å². The number of benzene rings is 2. The number of nitrogens with one attached hydrogen (secondary N) is 3. The molecule has 1 saturated heterocycles. The summed E-state index contributed by atoms with van der Waals surface area (Å²) in [5.74, 6) is -1.37. The first kappa shape index (κ1) is 27.9. The van der Waals surface area contributed by atoms with Crippen molar-refractivity contribution in [1.29, 1.82) is 0 Å². The van der Waals surface area contributed by atoms with Crippen molar-refractivity contribution in [2.75, 3.05) is 13.1 Å². The summed E-state index contributed by atoms with van der Waals surface area (Å²) in [5.41, 5.74) is 1.44. The molecule has 3 N–H and O–H groups in total. The van der Waals surface area contributed by atoms with Gasteiger partial charge in [-0.2, -0.15) is 0 Å². The predicted molar refractivity (Wildman–Crippen MR) is 137 cm³/mol. The molecule has 0 aliphatic carbocycles. The number of rotatable bonds is 14. The Morgan fingerprint density at radius 3 is 2.14 bits per heavy atom. The second-order valence-electron chi connectivity index (χ2n) is 9.38. The summed E-state index contributed by atoms with van der Waals surface area (Å²) >= 11 is 0. The highest BCUT2D eigenvalue weighted by Crippen LogP contribution is 2.24. The van der Waals surface area contributed by atoms with E-state index in [9.17, 15) is 19.2 Å². The van der Waals surface area contributed by atoms with Gasteiger partial charge < -0.3 is 25.4 Å². The largest absolute Gasteiger partial charge is 0.459 e. The summed E-state index contributed by atoms with van der Waals surface area (Å²) in [6, 6.07) is 17.5. The molecular formula is C28H35N3O6. The van der Waals surface area contributed by atoms with Crippen LogP contribution in [0.25, 0.3) is 0 Å². The molecular weight excluding hydrogens is 474 g/mol. The van der Waals surface area contributed by atoms with Gasteiger partial charge in [-0.15, -0.1) is 0 Å². The van der Waals surface area contributed by atoms with E-state index in [-0.39, 0.29) is 24.3 Å². The zero-order valence-corrected chi connectivity index (χ0v) is 21.3. The first-order chi connectivity index (χ1) is 17.8. The van der Waals surface area contributed by atoms with Crippen molar-refractivity contribution in [2.24, 2.45) is 5.92 Å². The van der Waals surface area contributed by atoms with Gasteiger partial charge in [-0.1, -0.05) is 62.4 Å². The minimum absolute atomic E-state index is 0.0994. The van der Waals surface area contributed by atoms with Crippen LogP contribution in [0.1, 0.15) is 49.0 Å². The first-order valence-corrected chi connectivity index (χ1v) is 12.6. The van der Waals surface area contributed by atoms with E-state index >= 15 is 0 Å². The monoisotopic (exact) mass is 509 g/mol. The molecule has 9 nitrogen and oxygen atoms in total. The summed E-state index contributed by atoms with van der Waals surface area (Å²) in [6.07, 6.45) is -0.107. The van der Waals surface area contributed by atoms with Gasteiger partial charge in [0.2, 0.25) is 5.91 Å². The fourth-order valence-electron chi connectivity index (χ4n) is 3.74. The number of hydrogen-bond acceptors (Lipinski definition) is 6. The Morgan fingerprint density at radius 2 is 1.49 bits per heavy atom. The fraction of sp³-hybridized carbons (Fsp3) is 0.429. The summed E-state index contributed by atoms with van der Waals surface area (Å²) in [7, 11) is 0. The van der Waals surface area contributed by atoms with Gasteiger partial charge in [-0.05, 0) is 42.9 Å². The van der Waals surface area contributed by atoms with Crippen molar-refractivity contribution in [3.63, 3.8) is 0 Å². The molecule has 3 atom stereocenters. The zero-order valence-electron chi connectivity index (χ0n) is 21.3. The highest BCUT2D eigenvalue weighted by atomic mass is 16.6. The molecule has 1 fully saturated rings. The highest BCUT2D eigenvalue weighted by Gasteiger charge is 2.52. The van der Waals surface area contributed by atoms with Gasteiger partial charge in [0.1, 0.15) is 12.6 Å². The Balaban J connectivity index is 1.35. The average Bonchev–Trinajstić information content (AvgIpc) is 3.71. The average molecular weight is 510 g/mol. The maximum atomic E-state index is 12.7. The normalized spacial score (nSPS) is 16.9. The van der Waals surface area contributed by atoms with Crippen molar-refractivity contribution in [3.8, 4) is 0 Å². The Hall–Kier alpha value is -3.72. The molecule has 1 aliphatic rings. The molecule has 0 bridgehead atoms. The minimum atomic E-state index is -0.961. The molecule has 0 unspecified atom stereocenters. The van der Waals surface area contributed by atoms with E-state index < -0.39 is 30.1 Å². The van der Waals surface area contributed by atoms with E-state index in [0.29, 0.717) is 37.9 Å². The predicted octanol–water partition coefficient (Wildman–Crippen LogP) is 2.35. The molecule has 3 amide bonds. The summed E-state index contributed by atoms with van der Waals surface area (Å²) in [5, 5.41) is 8.41. The Labute approximate surface area is 217 Å². The molecule has 0 saturated carbocycles. The summed E-state index contributed by atoms with van der Waals surface area (Å²) < 4.78 is 10.5. The third kappa shape index (κ3) is 9.34. The van der Waals surface area contributed by atoms with E-state index in [1.54, 1.807) is 12.1 Å². The topological polar surface area (TPSA) is 126 Å².